The normalized spacial score (nSPS) is 10.9. The van der Waals surface area contributed by atoms with Gasteiger partial charge in [-0.25, -0.2) is 12.8 Å². The molecule has 2 aromatic carbocycles. The summed E-state index contributed by atoms with van der Waals surface area (Å²) in [5.74, 6) is -0.395. The van der Waals surface area contributed by atoms with Gasteiger partial charge in [-0.2, -0.15) is 0 Å². The first-order chi connectivity index (χ1) is 12.3. The Morgan fingerprint density at radius 1 is 1.12 bits per heavy atom. The van der Waals surface area contributed by atoms with E-state index >= 15 is 0 Å². The van der Waals surface area contributed by atoms with Crippen LogP contribution in [0.25, 0.3) is 0 Å². The molecule has 0 aliphatic rings. The van der Waals surface area contributed by atoms with Crippen LogP contribution in [0.1, 0.15) is 0 Å². The molecule has 0 bridgehead atoms. The SMILES string of the molecule is COc1ccc(OC)c(NC(=O)CNc2cccc(F)c2S(C)(=O)=O)c1. The first-order valence-electron chi connectivity index (χ1n) is 7.50. The number of amides is 1. The van der Waals surface area contributed by atoms with Crippen molar-refractivity contribution >= 4 is 27.1 Å². The van der Waals surface area contributed by atoms with Gasteiger partial charge in [0.05, 0.1) is 32.1 Å². The van der Waals surface area contributed by atoms with Crippen molar-refractivity contribution in [2.45, 2.75) is 4.90 Å². The van der Waals surface area contributed by atoms with Gasteiger partial charge >= 0.3 is 0 Å². The lowest BCUT2D eigenvalue weighted by atomic mass is 10.2. The monoisotopic (exact) mass is 382 g/mol. The standard InChI is InChI=1S/C17H19FN2O5S/c1-24-11-7-8-15(25-2)14(9-11)20-16(21)10-19-13-6-4-5-12(18)17(13)26(3,22)23/h4-9,19H,10H2,1-3H3,(H,20,21). The number of ether oxygens (including phenoxy) is 2. The summed E-state index contributed by atoms with van der Waals surface area (Å²) in [6.07, 6.45) is 0.901. The summed E-state index contributed by atoms with van der Waals surface area (Å²) < 4.78 is 47.6. The van der Waals surface area contributed by atoms with Crippen LogP contribution in [-0.2, 0) is 14.6 Å². The Bertz CT molecular complexity index is 915. The van der Waals surface area contributed by atoms with Crippen molar-refractivity contribution in [3.63, 3.8) is 0 Å². The van der Waals surface area contributed by atoms with Crippen molar-refractivity contribution in [2.75, 3.05) is 37.7 Å². The molecular formula is C17H19FN2O5S. The van der Waals surface area contributed by atoms with Crippen molar-refractivity contribution in [1.82, 2.24) is 0 Å². The predicted octanol–water partition coefficient (Wildman–Crippen LogP) is 2.30. The zero-order valence-electron chi connectivity index (χ0n) is 14.5. The number of hydrogen-bond donors (Lipinski definition) is 2. The second-order valence-electron chi connectivity index (χ2n) is 5.36. The summed E-state index contributed by atoms with van der Waals surface area (Å²) in [6.45, 7) is -0.271. The summed E-state index contributed by atoms with van der Waals surface area (Å²) in [7, 11) is -0.845. The molecule has 0 fully saturated rings. The Morgan fingerprint density at radius 3 is 2.46 bits per heavy atom. The summed E-state index contributed by atoms with van der Waals surface area (Å²) in [4.78, 5) is 11.7. The van der Waals surface area contributed by atoms with Crippen molar-refractivity contribution in [3.8, 4) is 11.5 Å². The van der Waals surface area contributed by atoms with Crippen molar-refractivity contribution in [2.24, 2.45) is 0 Å². The maximum Gasteiger partial charge on any atom is 0.243 e. The van der Waals surface area contributed by atoms with Crippen LogP contribution in [0, 0.1) is 5.82 Å². The summed E-state index contributed by atoms with van der Waals surface area (Å²) in [5, 5.41) is 5.27. The van der Waals surface area contributed by atoms with Crippen LogP contribution in [0.4, 0.5) is 15.8 Å². The second kappa shape index (κ2) is 8.05. The number of nitrogens with one attached hydrogen (secondary N) is 2. The molecule has 140 valence electrons. The van der Waals surface area contributed by atoms with Crippen LogP contribution in [0.3, 0.4) is 0 Å². The van der Waals surface area contributed by atoms with Gasteiger partial charge in [-0.1, -0.05) is 6.07 Å². The fourth-order valence-electron chi connectivity index (χ4n) is 2.31. The van der Waals surface area contributed by atoms with E-state index in [0.29, 0.717) is 17.2 Å². The van der Waals surface area contributed by atoms with E-state index in [9.17, 15) is 17.6 Å². The van der Waals surface area contributed by atoms with E-state index in [0.717, 1.165) is 12.3 Å². The number of rotatable bonds is 7. The average molecular weight is 382 g/mol. The highest BCUT2D eigenvalue weighted by Crippen LogP contribution is 2.29. The topological polar surface area (TPSA) is 93.7 Å². The Kier molecular flexibility index (Phi) is 6.04. The van der Waals surface area contributed by atoms with E-state index in [-0.39, 0.29) is 12.2 Å². The number of sulfone groups is 1. The lowest BCUT2D eigenvalue weighted by Crippen LogP contribution is -2.23. The fourth-order valence-corrected chi connectivity index (χ4v) is 3.27. The summed E-state index contributed by atoms with van der Waals surface area (Å²) in [5.41, 5.74) is 0.404. The number of anilines is 2. The van der Waals surface area contributed by atoms with Gasteiger partial charge in [-0.15, -0.1) is 0 Å². The Balaban J connectivity index is 2.15. The molecule has 2 rings (SSSR count). The number of hydrogen-bond acceptors (Lipinski definition) is 6. The van der Waals surface area contributed by atoms with Gasteiger partial charge in [0, 0.05) is 12.3 Å². The minimum absolute atomic E-state index is 0.0141. The zero-order valence-corrected chi connectivity index (χ0v) is 15.3. The minimum Gasteiger partial charge on any atom is -0.497 e. The molecule has 2 N–H and O–H groups in total. The first kappa shape index (κ1) is 19.5. The van der Waals surface area contributed by atoms with Gasteiger partial charge in [0.25, 0.3) is 0 Å². The van der Waals surface area contributed by atoms with E-state index in [1.54, 1.807) is 18.2 Å². The van der Waals surface area contributed by atoms with Gasteiger partial charge in [-0.3, -0.25) is 4.79 Å². The number of methoxy groups -OCH3 is 2. The third kappa shape index (κ3) is 4.63. The number of halogens is 1. The van der Waals surface area contributed by atoms with Crippen LogP contribution in [0.5, 0.6) is 11.5 Å². The largest absolute Gasteiger partial charge is 0.497 e. The lowest BCUT2D eigenvalue weighted by Gasteiger charge is -2.14. The molecule has 0 radical (unpaired) electrons. The van der Waals surface area contributed by atoms with E-state index in [4.69, 9.17) is 9.47 Å². The van der Waals surface area contributed by atoms with Gasteiger partial charge in [0.15, 0.2) is 9.84 Å². The molecule has 0 heterocycles. The van der Waals surface area contributed by atoms with Crippen molar-refractivity contribution in [3.05, 3.63) is 42.2 Å². The summed E-state index contributed by atoms with van der Waals surface area (Å²) in [6, 6.07) is 8.69. The predicted molar refractivity (Wildman–Crippen MR) is 96.2 cm³/mol. The number of carbonyl (C=O) groups excluding carboxylic acids is 1. The van der Waals surface area contributed by atoms with Crippen molar-refractivity contribution in [1.29, 1.82) is 0 Å². The number of carbonyl (C=O) groups is 1. The van der Waals surface area contributed by atoms with Gasteiger partial charge in [0.2, 0.25) is 5.91 Å². The molecule has 0 spiro atoms. The molecule has 26 heavy (non-hydrogen) atoms. The quantitative estimate of drug-likeness (QED) is 0.763. The lowest BCUT2D eigenvalue weighted by molar-refractivity contribution is -0.114. The van der Waals surface area contributed by atoms with Gasteiger partial charge in [-0.05, 0) is 24.3 Å². The second-order valence-corrected chi connectivity index (χ2v) is 7.31. The highest BCUT2D eigenvalue weighted by molar-refractivity contribution is 7.90. The van der Waals surface area contributed by atoms with E-state index in [2.05, 4.69) is 10.6 Å². The molecule has 2 aromatic rings. The maximum atomic E-state index is 13.8. The maximum absolute atomic E-state index is 13.8. The minimum atomic E-state index is -3.80. The molecule has 0 aliphatic heterocycles. The fraction of sp³-hybridized carbons (Fsp3) is 0.235. The van der Waals surface area contributed by atoms with Crippen molar-refractivity contribution < 1.29 is 27.1 Å². The molecule has 0 atom stereocenters. The molecule has 0 aromatic heterocycles. The highest BCUT2D eigenvalue weighted by Gasteiger charge is 2.19. The molecular weight excluding hydrogens is 363 g/mol. The van der Waals surface area contributed by atoms with Crippen LogP contribution >= 0.6 is 0 Å². The van der Waals surface area contributed by atoms with E-state index < -0.39 is 26.5 Å². The molecule has 7 nitrogen and oxygen atoms in total. The molecule has 0 saturated heterocycles. The van der Waals surface area contributed by atoms with Crippen LogP contribution < -0.4 is 20.1 Å². The average Bonchev–Trinajstić information content (AvgIpc) is 2.58. The molecule has 0 aliphatic carbocycles. The molecule has 9 heteroatoms. The first-order valence-corrected chi connectivity index (χ1v) is 9.39. The Morgan fingerprint density at radius 2 is 1.85 bits per heavy atom. The third-order valence-electron chi connectivity index (χ3n) is 3.46. The number of benzene rings is 2. The van der Waals surface area contributed by atoms with Crippen LogP contribution in [-0.4, -0.2) is 41.3 Å². The summed E-state index contributed by atoms with van der Waals surface area (Å²) >= 11 is 0. The van der Waals surface area contributed by atoms with E-state index in [1.807, 2.05) is 0 Å². The van der Waals surface area contributed by atoms with Crippen LogP contribution in [0.2, 0.25) is 0 Å². The Hall–Kier alpha value is -2.81. The smallest absolute Gasteiger partial charge is 0.243 e. The third-order valence-corrected chi connectivity index (χ3v) is 4.61. The van der Waals surface area contributed by atoms with E-state index in [1.165, 1.54) is 26.4 Å². The van der Waals surface area contributed by atoms with Gasteiger partial charge in [0.1, 0.15) is 22.2 Å². The molecule has 0 unspecified atom stereocenters. The molecule has 1 amide bonds. The Labute approximate surface area is 151 Å². The van der Waals surface area contributed by atoms with Crippen LogP contribution in [0.15, 0.2) is 41.3 Å². The molecule has 0 saturated carbocycles. The van der Waals surface area contributed by atoms with Gasteiger partial charge < -0.3 is 20.1 Å². The zero-order chi connectivity index (χ0) is 19.3. The highest BCUT2D eigenvalue weighted by atomic mass is 32.2.